The summed E-state index contributed by atoms with van der Waals surface area (Å²) in [5, 5.41) is 3.94. The average molecular weight is 401 g/mol. The highest BCUT2D eigenvalue weighted by atomic mass is 32.2. The number of ether oxygens (including phenoxy) is 1. The van der Waals surface area contributed by atoms with E-state index in [9.17, 15) is 8.42 Å². The molecule has 148 valence electrons. The van der Waals surface area contributed by atoms with Gasteiger partial charge in [0.15, 0.2) is 5.82 Å². The summed E-state index contributed by atoms with van der Waals surface area (Å²) in [7, 11) is -2.31. The summed E-state index contributed by atoms with van der Waals surface area (Å²) in [6.07, 6.45) is 0. The first-order chi connectivity index (χ1) is 13.2. The van der Waals surface area contributed by atoms with Crippen molar-refractivity contribution in [3.63, 3.8) is 0 Å². The Labute approximate surface area is 164 Å². The van der Waals surface area contributed by atoms with Gasteiger partial charge in [0.1, 0.15) is 5.75 Å². The lowest BCUT2D eigenvalue weighted by molar-refractivity contribution is 0.401. The third-order valence-electron chi connectivity index (χ3n) is 4.14. The van der Waals surface area contributed by atoms with Crippen LogP contribution in [0.15, 0.2) is 45.8 Å². The van der Waals surface area contributed by atoms with Crippen molar-refractivity contribution in [3.8, 4) is 17.2 Å². The maximum absolute atomic E-state index is 12.9. The Morgan fingerprint density at radius 3 is 2.32 bits per heavy atom. The first-order valence-corrected chi connectivity index (χ1v) is 10.3. The number of nitrogens with zero attached hydrogens (tertiary/aromatic N) is 2. The zero-order valence-electron chi connectivity index (χ0n) is 16.5. The highest BCUT2D eigenvalue weighted by molar-refractivity contribution is 7.92. The van der Waals surface area contributed by atoms with Crippen LogP contribution in [0, 0.1) is 13.8 Å². The molecule has 28 heavy (non-hydrogen) atoms. The zero-order chi connectivity index (χ0) is 20.5. The van der Waals surface area contributed by atoms with E-state index in [1.807, 2.05) is 33.8 Å². The van der Waals surface area contributed by atoms with Crippen LogP contribution in [0.4, 0.5) is 5.69 Å². The van der Waals surface area contributed by atoms with Crippen molar-refractivity contribution in [2.24, 2.45) is 0 Å². The Balaban J connectivity index is 2.01. The van der Waals surface area contributed by atoms with E-state index in [1.165, 1.54) is 19.2 Å². The van der Waals surface area contributed by atoms with Crippen molar-refractivity contribution in [2.75, 3.05) is 11.8 Å². The number of aryl methyl sites for hydroxylation is 2. The van der Waals surface area contributed by atoms with Gasteiger partial charge in [-0.1, -0.05) is 25.1 Å². The van der Waals surface area contributed by atoms with Crippen molar-refractivity contribution >= 4 is 15.7 Å². The molecule has 3 aromatic rings. The van der Waals surface area contributed by atoms with E-state index < -0.39 is 10.0 Å². The molecule has 0 unspecified atom stereocenters. The standard InChI is InChI=1S/C20H23N3O4S/c1-12(2)19-21-20(27-22-19)17-11-16(6-7-18(17)26-5)28(24,25)23-15-9-13(3)8-14(4)10-15/h6-12,23H,1-5H3. The summed E-state index contributed by atoms with van der Waals surface area (Å²) in [4.78, 5) is 4.42. The zero-order valence-corrected chi connectivity index (χ0v) is 17.3. The van der Waals surface area contributed by atoms with Gasteiger partial charge in [0.25, 0.3) is 15.9 Å². The van der Waals surface area contributed by atoms with Gasteiger partial charge in [-0.05, 0) is 55.3 Å². The highest BCUT2D eigenvalue weighted by Crippen LogP contribution is 2.32. The van der Waals surface area contributed by atoms with Gasteiger partial charge in [-0.25, -0.2) is 8.42 Å². The molecule has 0 atom stereocenters. The van der Waals surface area contributed by atoms with Gasteiger partial charge >= 0.3 is 0 Å². The lowest BCUT2D eigenvalue weighted by Crippen LogP contribution is -2.13. The minimum atomic E-state index is -3.81. The van der Waals surface area contributed by atoms with Gasteiger partial charge < -0.3 is 9.26 Å². The first kappa shape index (κ1) is 19.9. The normalized spacial score (nSPS) is 11.6. The lowest BCUT2D eigenvalue weighted by Gasteiger charge is -2.12. The topological polar surface area (TPSA) is 94.3 Å². The van der Waals surface area contributed by atoms with Crippen molar-refractivity contribution in [1.82, 2.24) is 10.1 Å². The second-order valence-corrected chi connectivity index (χ2v) is 8.64. The van der Waals surface area contributed by atoms with Gasteiger partial charge in [0.2, 0.25) is 0 Å². The fraction of sp³-hybridized carbons (Fsp3) is 0.300. The Bertz CT molecular complexity index is 1080. The molecule has 1 N–H and O–H groups in total. The maximum Gasteiger partial charge on any atom is 0.261 e. The van der Waals surface area contributed by atoms with Crippen LogP contribution in [0.1, 0.15) is 36.7 Å². The van der Waals surface area contributed by atoms with E-state index >= 15 is 0 Å². The van der Waals surface area contributed by atoms with Gasteiger partial charge in [-0.15, -0.1) is 0 Å². The Hall–Kier alpha value is -2.87. The molecule has 0 saturated heterocycles. The van der Waals surface area contributed by atoms with Gasteiger partial charge in [-0.3, -0.25) is 4.72 Å². The Morgan fingerprint density at radius 1 is 1.07 bits per heavy atom. The summed E-state index contributed by atoms with van der Waals surface area (Å²) in [5.41, 5.74) is 2.88. The number of sulfonamides is 1. The average Bonchev–Trinajstić information content (AvgIpc) is 3.10. The Morgan fingerprint density at radius 2 is 1.75 bits per heavy atom. The van der Waals surface area contributed by atoms with Crippen molar-refractivity contribution < 1.29 is 17.7 Å². The van der Waals surface area contributed by atoms with Crippen LogP contribution in [0.3, 0.4) is 0 Å². The molecular formula is C20H23N3O4S. The Kier molecular flexibility index (Phi) is 5.42. The molecule has 0 aliphatic heterocycles. The largest absolute Gasteiger partial charge is 0.496 e. The van der Waals surface area contributed by atoms with E-state index in [0.29, 0.717) is 22.8 Å². The molecule has 0 aliphatic rings. The quantitative estimate of drug-likeness (QED) is 0.662. The van der Waals surface area contributed by atoms with Crippen LogP contribution in [0.5, 0.6) is 5.75 Å². The second-order valence-electron chi connectivity index (χ2n) is 6.96. The molecule has 3 rings (SSSR count). The summed E-state index contributed by atoms with van der Waals surface area (Å²) in [6, 6.07) is 10.1. The number of benzene rings is 2. The predicted molar refractivity (Wildman–Crippen MR) is 107 cm³/mol. The fourth-order valence-electron chi connectivity index (χ4n) is 2.85. The van der Waals surface area contributed by atoms with Crippen LogP contribution in [-0.2, 0) is 10.0 Å². The smallest absolute Gasteiger partial charge is 0.261 e. The van der Waals surface area contributed by atoms with Crippen molar-refractivity contribution in [2.45, 2.75) is 38.5 Å². The SMILES string of the molecule is COc1ccc(S(=O)(=O)Nc2cc(C)cc(C)c2)cc1-c1nc(C(C)C)no1. The summed E-state index contributed by atoms with van der Waals surface area (Å²) in [5.74, 6) is 1.29. The number of aromatic nitrogens is 2. The molecule has 8 heteroatoms. The van der Waals surface area contributed by atoms with E-state index in [1.54, 1.807) is 18.2 Å². The molecule has 7 nitrogen and oxygen atoms in total. The molecule has 0 spiro atoms. The molecule has 0 aliphatic carbocycles. The van der Waals surface area contributed by atoms with E-state index in [4.69, 9.17) is 9.26 Å². The van der Waals surface area contributed by atoms with E-state index in [0.717, 1.165) is 11.1 Å². The summed E-state index contributed by atoms with van der Waals surface area (Å²) in [6.45, 7) is 7.72. The third-order valence-corrected chi connectivity index (χ3v) is 5.52. The minimum absolute atomic E-state index is 0.0757. The van der Waals surface area contributed by atoms with Crippen LogP contribution < -0.4 is 9.46 Å². The number of methoxy groups -OCH3 is 1. The van der Waals surface area contributed by atoms with E-state index in [2.05, 4.69) is 14.9 Å². The summed E-state index contributed by atoms with van der Waals surface area (Å²) >= 11 is 0. The maximum atomic E-state index is 12.9. The second kappa shape index (κ2) is 7.63. The van der Waals surface area contributed by atoms with Gasteiger partial charge in [0.05, 0.1) is 17.6 Å². The number of hydrogen-bond acceptors (Lipinski definition) is 6. The summed E-state index contributed by atoms with van der Waals surface area (Å²) < 4.78 is 39.1. The van der Waals surface area contributed by atoms with Crippen LogP contribution in [0.2, 0.25) is 0 Å². The molecule has 1 aromatic heterocycles. The molecule has 1 heterocycles. The van der Waals surface area contributed by atoms with Crippen molar-refractivity contribution in [1.29, 1.82) is 0 Å². The molecule has 0 bridgehead atoms. The lowest BCUT2D eigenvalue weighted by atomic mass is 10.1. The fourth-order valence-corrected chi connectivity index (χ4v) is 3.91. The van der Waals surface area contributed by atoms with E-state index in [-0.39, 0.29) is 16.7 Å². The van der Waals surface area contributed by atoms with Gasteiger partial charge in [0, 0.05) is 11.6 Å². The molecule has 0 saturated carbocycles. The van der Waals surface area contributed by atoms with Crippen LogP contribution >= 0.6 is 0 Å². The highest BCUT2D eigenvalue weighted by Gasteiger charge is 2.21. The molecule has 0 fully saturated rings. The number of hydrogen-bond donors (Lipinski definition) is 1. The number of rotatable bonds is 6. The third kappa shape index (κ3) is 4.17. The van der Waals surface area contributed by atoms with Gasteiger partial charge in [-0.2, -0.15) is 4.98 Å². The predicted octanol–water partition coefficient (Wildman–Crippen LogP) is 4.29. The molecule has 2 aromatic carbocycles. The van der Waals surface area contributed by atoms with Crippen molar-refractivity contribution in [3.05, 3.63) is 53.3 Å². The molecule has 0 radical (unpaired) electrons. The van der Waals surface area contributed by atoms with Crippen LogP contribution in [0.25, 0.3) is 11.5 Å². The number of nitrogens with one attached hydrogen (secondary N) is 1. The monoisotopic (exact) mass is 401 g/mol. The van der Waals surface area contributed by atoms with Crippen LogP contribution in [-0.4, -0.2) is 25.7 Å². The first-order valence-electron chi connectivity index (χ1n) is 8.82. The number of anilines is 1. The molecule has 0 amide bonds. The molecular weight excluding hydrogens is 378 g/mol. The minimum Gasteiger partial charge on any atom is -0.496 e.